The van der Waals surface area contributed by atoms with E-state index < -0.39 is 0 Å². The van der Waals surface area contributed by atoms with Gasteiger partial charge in [0.15, 0.2) is 0 Å². The fourth-order valence-corrected chi connectivity index (χ4v) is 6.42. The first kappa shape index (κ1) is 29.2. The summed E-state index contributed by atoms with van der Waals surface area (Å²) >= 11 is 0. The number of imidazole rings is 2. The van der Waals surface area contributed by atoms with Gasteiger partial charge in [0, 0.05) is 23.2 Å². The molecule has 0 aliphatic carbocycles. The molecule has 4 aromatic carbocycles. The van der Waals surface area contributed by atoms with Crippen LogP contribution >= 0.6 is 0 Å². The van der Waals surface area contributed by atoms with Gasteiger partial charge >= 0.3 is 21.1 Å². The van der Waals surface area contributed by atoms with Gasteiger partial charge in [-0.25, -0.2) is 9.97 Å². The Kier molecular flexibility index (Phi) is 6.78. The molecule has 230 valence electrons. The minimum atomic E-state index is -0.0119. The third kappa shape index (κ3) is 4.64. The van der Waals surface area contributed by atoms with Crippen LogP contribution in [-0.4, -0.2) is 28.5 Å². The summed E-state index contributed by atoms with van der Waals surface area (Å²) in [6, 6.07) is 40.1. The van der Waals surface area contributed by atoms with Gasteiger partial charge in [-0.3, -0.25) is 4.40 Å². The largest absolute Gasteiger partial charge is 2.00 e. The molecule has 0 aliphatic heterocycles. The van der Waals surface area contributed by atoms with E-state index in [1.165, 1.54) is 5.56 Å². The molecule has 47 heavy (non-hydrogen) atoms. The minimum Gasteiger partial charge on any atom is -0.508 e. The monoisotopic (exact) mass is 791 g/mol. The molecule has 0 radical (unpaired) electrons. The molecule has 0 atom stereocenters. The molecule has 0 N–H and O–H groups in total. The van der Waals surface area contributed by atoms with E-state index in [4.69, 9.17) is 14.7 Å². The van der Waals surface area contributed by atoms with Gasteiger partial charge in [0.25, 0.3) is 0 Å². The molecule has 0 saturated heterocycles. The Labute approximate surface area is 285 Å². The van der Waals surface area contributed by atoms with Crippen molar-refractivity contribution >= 4 is 49.7 Å². The van der Waals surface area contributed by atoms with Crippen molar-refractivity contribution in [1.82, 2.24) is 28.5 Å². The summed E-state index contributed by atoms with van der Waals surface area (Å²) in [6.45, 7) is 6.64. The van der Waals surface area contributed by atoms with Gasteiger partial charge in [0.05, 0.1) is 22.1 Å². The van der Waals surface area contributed by atoms with E-state index in [-0.39, 0.29) is 26.5 Å². The van der Waals surface area contributed by atoms with Crippen LogP contribution < -0.4 is 4.74 Å². The predicted octanol–water partition coefficient (Wildman–Crippen LogP) is 9.01. The van der Waals surface area contributed by atoms with Gasteiger partial charge in [0.2, 0.25) is 5.78 Å². The van der Waals surface area contributed by atoms with Crippen molar-refractivity contribution in [3.05, 3.63) is 133 Å². The molecule has 7 nitrogen and oxygen atoms in total. The Morgan fingerprint density at radius 3 is 2.26 bits per heavy atom. The van der Waals surface area contributed by atoms with E-state index >= 15 is 0 Å². The van der Waals surface area contributed by atoms with Gasteiger partial charge in [-0.2, -0.15) is 6.07 Å². The van der Waals surface area contributed by atoms with E-state index in [1.54, 1.807) is 12.4 Å². The standard InChI is InChI=1S/C39H28N6O.Pt/c1-39(2,3)25-18-19-41-37(20-25)44-32-12-6-4-10-29(32)30-17-16-27(22-36(30)44)46-28-21-26(23-40-24-28)43-34-14-8-9-15-35(34)45-33-13-7-5-11-31(33)42-38(43)45;/h4-20,23-24H,1-3H3;/q-2;+2. The number of aromatic nitrogens is 6. The number of ether oxygens (including phenoxy) is 1. The Morgan fingerprint density at radius 1 is 0.681 bits per heavy atom. The zero-order chi connectivity index (χ0) is 31.0. The van der Waals surface area contributed by atoms with E-state index in [1.807, 2.05) is 42.6 Å². The van der Waals surface area contributed by atoms with Crippen molar-refractivity contribution in [2.24, 2.45) is 0 Å². The summed E-state index contributed by atoms with van der Waals surface area (Å²) in [4.78, 5) is 14.3. The molecule has 0 unspecified atom stereocenters. The smallest absolute Gasteiger partial charge is 0.508 e. The van der Waals surface area contributed by atoms with Crippen molar-refractivity contribution < 1.29 is 25.8 Å². The summed E-state index contributed by atoms with van der Waals surface area (Å²) in [6.07, 6.45) is 5.35. The maximum atomic E-state index is 6.43. The number of pyridine rings is 2. The zero-order valence-electron chi connectivity index (χ0n) is 25.9. The molecule has 0 saturated carbocycles. The normalized spacial score (nSPS) is 12.0. The number of benzene rings is 4. The Hall–Kier alpha value is -5.26. The average molecular weight is 792 g/mol. The first-order valence-electron chi connectivity index (χ1n) is 15.3. The van der Waals surface area contributed by atoms with Crippen molar-refractivity contribution in [3.8, 4) is 23.0 Å². The van der Waals surface area contributed by atoms with Crippen molar-refractivity contribution in [3.63, 3.8) is 0 Å². The third-order valence-corrected chi connectivity index (χ3v) is 8.60. The molecule has 5 heterocycles. The number of hydrogen-bond acceptors (Lipinski definition) is 4. The molecule has 0 bridgehead atoms. The molecule has 5 aromatic heterocycles. The molecule has 8 heteroatoms. The molecular weight excluding hydrogens is 764 g/mol. The Balaban J connectivity index is 0.00000324. The van der Waals surface area contributed by atoms with E-state index in [0.717, 1.165) is 61.2 Å². The van der Waals surface area contributed by atoms with Crippen molar-refractivity contribution in [2.45, 2.75) is 26.2 Å². The maximum absolute atomic E-state index is 6.43. The second-order valence-electron chi connectivity index (χ2n) is 12.5. The van der Waals surface area contributed by atoms with Crippen LogP contribution in [0, 0.1) is 12.1 Å². The fourth-order valence-electron chi connectivity index (χ4n) is 6.42. The van der Waals surface area contributed by atoms with Crippen molar-refractivity contribution in [1.29, 1.82) is 0 Å². The van der Waals surface area contributed by atoms with E-state index in [0.29, 0.717) is 11.5 Å². The first-order chi connectivity index (χ1) is 22.4. The SMILES string of the molecule is CC(C)(C)c1ccnc(-n2c3[c-]c(Oc4[c-]c(-n5c6ccccc6n6c7ccccc7nc56)cnc4)ccc3c3ccccc32)c1.[Pt+2]. The van der Waals surface area contributed by atoms with Gasteiger partial charge < -0.3 is 18.9 Å². The van der Waals surface area contributed by atoms with E-state index in [9.17, 15) is 0 Å². The number of rotatable bonds is 4. The Morgan fingerprint density at radius 2 is 1.43 bits per heavy atom. The summed E-state index contributed by atoms with van der Waals surface area (Å²) in [7, 11) is 0. The minimum absolute atomic E-state index is 0. The van der Waals surface area contributed by atoms with Crippen LogP contribution in [0.1, 0.15) is 26.3 Å². The van der Waals surface area contributed by atoms with Gasteiger partial charge in [-0.15, -0.1) is 23.6 Å². The van der Waals surface area contributed by atoms with Gasteiger partial charge in [-0.05, 0) is 70.7 Å². The summed E-state index contributed by atoms with van der Waals surface area (Å²) in [5, 5.41) is 2.21. The van der Waals surface area contributed by atoms with Crippen LogP contribution in [0.15, 0.2) is 116 Å². The first-order valence-corrected chi connectivity index (χ1v) is 15.3. The van der Waals surface area contributed by atoms with Crippen LogP contribution in [0.5, 0.6) is 11.5 Å². The molecule has 9 aromatic rings. The number of fused-ring (bicyclic) bond motifs is 8. The molecular formula is C39H28N6OPt. The van der Waals surface area contributed by atoms with E-state index in [2.05, 4.69) is 112 Å². The van der Waals surface area contributed by atoms with Crippen LogP contribution in [0.4, 0.5) is 0 Å². The number of nitrogens with zero attached hydrogens (tertiary/aromatic N) is 6. The third-order valence-electron chi connectivity index (χ3n) is 8.60. The second-order valence-corrected chi connectivity index (χ2v) is 12.5. The molecule has 0 spiro atoms. The average Bonchev–Trinajstić information content (AvgIpc) is 3.71. The Bertz CT molecular complexity index is 2620. The summed E-state index contributed by atoms with van der Waals surface area (Å²) < 4.78 is 12.8. The summed E-state index contributed by atoms with van der Waals surface area (Å²) in [5.41, 5.74) is 7.94. The quantitative estimate of drug-likeness (QED) is 0.167. The molecule has 0 fully saturated rings. The van der Waals surface area contributed by atoms with Crippen LogP contribution in [-0.2, 0) is 26.5 Å². The number of hydrogen-bond donors (Lipinski definition) is 0. The maximum Gasteiger partial charge on any atom is 2.00 e. The molecule has 0 aliphatic rings. The second kappa shape index (κ2) is 10.9. The fraction of sp³-hybridized carbons (Fsp3) is 0.103. The number of para-hydroxylation sites is 5. The molecule has 0 amide bonds. The topological polar surface area (TPSA) is 62.2 Å². The van der Waals surface area contributed by atoms with Crippen LogP contribution in [0.2, 0.25) is 0 Å². The van der Waals surface area contributed by atoms with Crippen LogP contribution in [0.3, 0.4) is 0 Å². The summed E-state index contributed by atoms with van der Waals surface area (Å²) in [5.74, 6) is 2.68. The molecule has 9 rings (SSSR count). The van der Waals surface area contributed by atoms with Gasteiger partial charge in [0.1, 0.15) is 5.82 Å². The van der Waals surface area contributed by atoms with Crippen LogP contribution in [0.25, 0.3) is 61.2 Å². The van der Waals surface area contributed by atoms with Crippen molar-refractivity contribution in [2.75, 3.05) is 0 Å². The zero-order valence-corrected chi connectivity index (χ0v) is 28.1. The predicted molar refractivity (Wildman–Crippen MR) is 182 cm³/mol. The van der Waals surface area contributed by atoms with Gasteiger partial charge in [-0.1, -0.05) is 74.9 Å².